The lowest BCUT2D eigenvalue weighted by atomic mass is 10.2. The lowest BCUT2D eigenvalue weighted by molar-refractivity contribution is 0.304. The maximum atomic E-state index is 6.25. The van der Waals surface area contributed by atoms with Crippen LogP contribution in [0.1, 0.15) is 43.1 Å². The summed E-state index contributed by atoms with van der Waals surface area (Å²) in [6, 6.07) is 24.8. The Kier molecular flexibility index (Phi) is 6.25. The van der Waals surface area contributed by atoms with Crippen LogP contribution in [0.3, 0.4) is 0 Å². The van der Waals surface area contributed by atoms with Crippen molar-refractivity contribution in [1.82, 2.24) is 9.97 Å². The highest BCUT2D eigenvalue weighted by atomic mass is 16.5. The van der Waals surface area contributed by atoms with Gasteiger partial charge in [-0.2, -0.15) is 0 Å². The number of hydrogen-bond acceptors (Lipinski definition) is 2. The first-order valence-electron chi connectivity index (χ1n) is 11.7. The zero-order chi connectivity index (χ0) is 22.5. The zero-order valence-corrected chi connectivity index (χ0v) is 19.0. The summed E-state index contributed by atoms with van der Waals surface area (Å²) in [6.45, 7) is 2.75. The van der Waals surface area contributed by atoms with Gasteiger partial charge >= 0.3 is 0 Å². The fourth-order valence-corrected chi connectivity index (χ4v) is 4.12. The van der Waals surface area contributed by atoms with Crippen LogP contribution in [0.15, 0.2) is 77.8 Å². The normalized spacial score (nSPS) is 14.6. The van der Waals surface area contributed by atoms with Gasteiger partial charge in [0.15, 0.2) is 0 Å². The second-order valence-electron chi connectivity index (χ2n) is 8.48. The van der Waals surface area contributed by atoms with E-state index in [9.17, 15) is 0 Å². The van der Waals surface area contributed by atoms with Crippen molar-refractivity contribution in [3.8, 4) is 5.75 Å². The van der Waals surface area contributed by atoms with Gasteiger partial charge < -0.3 is 14.7 Å². The van der Waals surface area contributed by atoms with E-state index >= 15 is 0 Å². The molecule has 5 rings (SSSR count). The number of aromatic amines is 2. The SMILES string of the molecule is CCCCCc1ccc(C=c2[nH]c(=C3C=c4ccccc4=N3)cc2OCc2ccccc2)[nH]1. The number of benzene rings is 2. The van der Waals surface area contributed by atoms with Crippen molar-refractivity contribution in [1.29, 1.82) is 0 Å². The quantitative estimate of drug-likeness (QED) is 0.408. The van der Waals surface area contributed by atoms with Crippen LogP contribution in [0.5, 0.6) is 5.75 Å². The average Bonchev–Trinajstić information content (AvgIpc) is 3.57. The van der Waals surface area contributed by atoms with E-state index < -0.39 is 0 Å². The second-order valence-corrected chi connectivity index (χ2v) is 8.48. The average molecular weight is 436 g/mol. The highest BCUT2D eigenvalue weighted by Crippen LogP contribution is 2.11. The Morgan fingerprint density at radius 3 is 2.61 bits per heavy atom. The molecule has 0 saturated heterocycles. The fourth-order valence-electron chi connectivity index (χ4n) is 4.12. The molecular weight excluding hydrogens is 406 g/mol. The minimum atomic E-state index is 0.516. The van der Waals surface area contributed by atoms with Crippen LogP contribution in [0.4, 0.5) is 0 Å². The van der Waals surface area contributed by atoms with Gasteiger partial charge in [0.25, 0.3) is 0 Å². The Hall–Kier alpha value is -3.79. The maximum Gasteiger partial charge on any atom is 0.145 e. The molecule has 4 heteroatoms. The summed E-state index contributed by atoms with van der Waals surface area (Å²) in [7, 11) is 0. The van der Waals surface area contributed by atoms with Crippen molar-refractivity contribution >= 4 is 17.8 Å². The van der Waals surface area contributed by atoms with Gasteiger partial charge in [-0.3, -0.25) is 0 Å². The molecule has 2 aromatic heterocycles. The molecule has 0 fully saturated rings. The van der Waals surface area contributed by atoms with E-state index in [1.54, 1.807) is 0 Å². The molecule has 0 bridgehead atoms. The van der Waals surface area contributed by atoms with Crippen LogP contribution < -0.4 is 26.0 Å². The van der Waals surface area contributed by atoms with Crippen molar-refractivity contribution in [3.63, 3.8) is 0 Å². The lowest BCUT2D eigenvalue weighted by Crippen LogP contribution is -2.19. The van der Waals surface area contributed by atoms with Crippen molar-refractivity contribution < 1.29 is 4.74 Å². The van der Waals surface area contributed by atoms with Gasteiger partial charge in [-0.15, -0.1) is 0 Å². The zero-order valence-electron chi connectivity index (χ0n) is 19.0. The fraction of sp³-hybridized carbons (Fsp3) is 0.207. The van der Waals surface area contributed by atoms with E-state index in [4.69, 9.17) is 9.73 Å². The number of nitrogens with zero attached hydrogens (tertiary/aromatic N) is 1. The van der Waals surface area contributed by atoms with Gasteiger partial charge in [-0.25, -0.2) is 4.99 Å². The van der Waals surface area contributed by atoms with Crippen molar-refractivity contribution in [2.45, 2.75) is 39.2 Å². The molecule has 2 aromatic carbocycles. The molecule has 4 nitrogen and oxygen atoms in total. The number of H-pyrrole nitrogens is 2. The molecule has 0 unspecified atom stereocenters. The van der Waals surface area contributed by atoms with E-state index in [1.165, 1.54) is 25.0 Å². The van der Waals surface area contributed by atoms with Gasteiger partial charge in [0.2, 0.25) is 0 Å². The maximum absolute atomic E-state index is 6.25. The first kappa shape index (κ1) is 21.1. The summed E-state index contributed by atoms with van der Waals surface area (Å²) in [5.74, 6) is 0.822. The molecule has 0 amide bonds. The topological polar surface area (TPSA) is 53.2 Å². The summed E-state index contributed by atoms with van der Waals surface area (Å²) in [5, 5.41) is 4.03. The first-order valence-corrected chi connectivity index (χ1v) is 11.7. The van der Waals surface area contributed by atoms with Crippen LogP contribution >= 0.6 is 0 Å². The van der Waals surface area contributed by atoms with Crippen LogP contribution in [-0.2, 0) is 13.0 Å². The van der Waals surface area contributed by atoms with Crippen LogP contribution in [-0.4, -0.2) is 9.97 Å². The molecular formula is C29H29N3O. The number of fused-ring (bicyclic) bond motifs is 1. The number of nitrogens with one attached hydrogen (secondary N) is 2. The Balaban J connectivity index is 1.51. The highest BCUT2D eigenvalue weighted by Gasteiger charge is 2.07. The predicted molar refractivity (Wildman–Crippen MR) is 134 cm³/mol. The third kappa shape index (κ3) is 5.01. The van der Waals surface area contributed by atoms with E-state index in [2.05, 4.69) is 65.4 Å². The second kappa shape index (κ2) is 9.78. The van der Waals surface area contributed by atoms with E-state index in [1.807, 2.05) is 36.4 Å². The van der Waals surface area contributed by atoms with Crippen LogP contribution in [0, 0.1) is 0 Å². The Bertz CT molecular complexity index is 1440. The summed E-state index contributed by atoms with van der Waals surface area (Å²) in [4.78, 5) is 11.9. The van der Waals surface area contributed by atoms with Crippen LogP contribution in [0.25, 0.3) is 17.8 Å². The predicted octanol–water partition coefficient (Wildman–Crippen LogP) is 3.71. The number of ether oxygens (including phenoxy) is 1. The molecule has 166 valence electrons. The molecule has 0 spiro atoms. The number of aromatic nitrogens is 2. The molecule has 33 heavy (non-hydrogen) atoms. The first-order chi connectivity index (χ1) is 16.3. The van der Waals surface area contributed by atoms with Crippen molar-refractivity contribution in [2.24, 2.45) is 4.99 Å². The van der Waals surface area contributed by atoms with Crippen molar-refractivity contribution in [3.05, 3.63) is 111 Å². The summed E-state index contributed by atoms with van der Waals surface area (Å²) in [5.41, 5.74) is 4.41. The Morgan fingerprint density at radius 2 is 1.76 bits per heavy atom. The number of rotatable bonds is 8. The van der Waals surface area contributed by atoms with E-state index in [0.29, 0.717) is 6.61 Å². The summed E-state index contributed by atoms with van der Waals surface area (Å²) >= 11 is 0. The highest BCUT2D eigenvalue weighted by molar-refractivity contribution is 5.76. The molecule has 0 aliphatic carbocycles. The molecule has 1 aliphatic heterocycles. The van der Waals surface area contributed by atoms with Gasteiger partial charge in [-0.1, -0.05) is 68.3 Å². The monoisotopic (exact) mass is 435 g/mol. The number of unbranched alkanes of at least 4 members (excludes halogenated alkanes) is 2. The third-order valence-electron chi connectivity index (χ3n) is 5.91. The van der Waals surface area contributed by atoms with Crippen molar-refractivity contribution in [2.75, 3.05) is 0 Å². The third-order valence-corrected chi connectivity index (χ3v) is 5.91. The summed E-state index contributed by atoms with van der Waals surface area (Å²) < 4.78 is 6.25. The molecule has 0 radical (unpaired) electrons. The summed E-state index contributed by atoms with van der Waals surface area (Å²) in [6.07, 6.45) is 9.03. The number of aryl methyl sites for hydroxylation is 1. The molecule has 2 N–H and O–H groups in total. The Labute approximate surface area is 193 Å². The number of para-hydroxylation sites is 1. The number of hydrogen-bond donors (Lipinski definition) is 2. The molecule has 4 aromatic rings. The lowest BCUT2D eigenvalue weighted by Gasteiger charge is -2.03. The largest absolute Gasteiger partial charge is 0.487 e. The minimum Gasteiger partial charge on any atom is -0.487 e. The van der Waals surface area contributed by atoms with Gasteiger partial charge in [0, 0.05) is 22.7 Å². The van der Waals surface area contributed by atoms with Gasteiger partial charge in [0.05, 0.1) is 21.8 Å². The molecule has 1 aliphatic rings. The molecule has 0 saturated carbocycles. The van der Waals surface area contributed by atoms with E-state index in [0.717, 1.165) is 50.4 Å². The Morgan fingerprint density at radius 1 is 0.909 bits per heavy atom. The standard InChI is InChI=1S/C29H29N3O/c1-2-3-5-13-23-15-16-24(30-23)18-28-29(33-20-21-10-6-4-7-11-21)19-27(32-28)26-17-22-12-8-9-14-25(22)31-26/h4,6-12,14-19,30,32H,2-3,5,13,20H2,1H3. The van der Waals surface area contributed by atoms with E-state index in [-0.39, 0.29) is 0 Å². The smallest absolute Gasteiger partial charge is 0.145 e. The minimum absolute atomic E-state index is 0.516. The molecule has 3 heterocycles. The van der Waals surface area contributed by atoms with Crippen LogP contribution in [0.2, 0.25) is 0 Å². The van der Waals surface area contributed by atoms with Gasteiger partial charge in [-0.05, 0) is 48.8 Å². The van der Waals surface area contributed by atoms with Gasteiger partial charge in [0.1, 0.15) is 12.4 Å². The molecule has 0 atom stereocenters.